The van der Waals surface area contributed by atoms with Crippen molar-refractivity contribution in [3.8, 4) is 0 Å². The van der Waals surface area contributed by atoms with Crippen LogP contribution in [-0.4, -0.2) is 68.2 Å². The van der Waals surface area contributed by atoms with Crippen LogP contribution in [0.25, 0.3) is 0 Å². The molecule has 158 valence electrons. The highest BCUT2D eigenvalue weighted by Gasteiger charge is 2.38. The fourth-order valence-corrected chi connectivity index (χ4v) is 4.01. The van der Waals surface area contributed by atoms with Crippen molar-refractivity contribution in [1.82, 2.24) is 10.2 Å². The lowest BCUT2D eigenvalue weighted by Gasteiger charge is -2.45. The van der Waals surface area contributed by atoms with Crippen molar-refractivity contribution in [3.63, 3.8) is 0 Å². The fourth-order valence-electron chi connectivity index (χ4n) is 4.01. The highest BCUT2D eigenvalue weighted by atomic mass is 16.5. The van der Waals surface area contributed by atoms with Crippen LogP contribution in [0.15, 0.2) is 0 Å². The molecule has 1 amide bonds. The van der Waals surface area contributed by atoms with Gasteiger partial charge in [-0.05, 0) is 39.5 Å². The summed E-state index contributed by atoms with van der Waals surface area (Å²) in [6.07, 6.45) is 4.41. The van der Waals surface area contributed by atoms with E-state index in [1.54, 1.807) is 0 Å². The number of likely N-dealkylation sites (tertiary alicyclic amines) is 1. The smallest absolute Gasteiger partial charge is 0.225 e. The average molecular weight is 385 g/mol. The molecule has 0 spiro atoms. The molecule has 1 saturated carbocycles. The first-order chi connectivity index (χ1) is 12.9. The number of amides is 1. The van der Waals surface area contributed by atoms with Gasteiger partial charge in [-0.25, -0.2) is 0 Å². The lowest BCUT2D eigenvalue weighted by molar-refractivity contribution is -0.132. The van der Waals surface area contributed by atoms with Crippen molar-refractivity contribution in [3.05, 3.63) is 0 Å². The summed E-state index contributed by atoms with van der Waals surface area (Å²) in [6, 6.07) is 0.551. The predicted molar refractivity (Wildman–Crippen MR) is 108 cm³/mol. The van der Waals surface area contributed by atoms with Crippen molar-refractivity contribution in [2.75, 3.05) is 39.5 Å². The molecule has 0 unspecified atom stereocenters. The molecule has 1 saturated heterocycles. The summed E-state index contributed by atoms with van der Waals surface area (Å²) in [6.45, 7) is 11.9. The van der Waals surface area contributed by atoms with Crippen LogP contribution in [0.5, 0.6) is 0 Å². The first kappa shape index (κ1) is 22.3. The average Bonchev–Trinajstić information content (AvgIpc) is 2.59. The van der Waals surface area contributed by atoms with Gasteiger partial charge in [-0.15, -0.1) is 0 Å². The first-order valence-electron chi connectivity index (χ1n) is 10.6. The molecule has 1 heterocycles. The normalized spacial score (nSPS) is 24.2. The predicted octanol–water partition coefficient (Wildman–Crippen LogP) is 2.51. The standard InChI is InChI=1S/C21H38N2O4.H2/c1-15(2)20(24)17-5-7-19(8-6-17)23-13-18(14-23)21(25)22-9-10-26-11-12-27-16(3)4;/h15-19H,5-14H2,1-4H3,(H,22,25);1H. The summed E-state index contributed by atoms with van der Waals surface area (Å²) in [5, 5.41) is 2.97. The number of carbonyl (C=O) groups excluding carboxylic acids is 2. The van der Waals surface area contributed by atoms with Crippen molar-refractivity contribution in [2.24, 2.45) is 17.8 Å². The molecular formula is C21H40N2O4. The summed E-state index contributed by atoms with van der Waals surface area (Å²) in [7, 11) is 0. The van der Waals surface area contributed by atoms with E-state index in [1.807, 2.05) is 27.7 Å². The number of hydrogen-bond acceptors (Lipinski definition) is 5. The second kappa shape index (κ2) is 11.1. The molecule has 1 aliphatic heterocycles. The zero-order chi connectivity index (χ0) is 19.8. The maximum atomic E-state index is 12.2. The molecular weight excluding hydrogens is 344 g/mol. The largest absolute Gasteiger partial charge is 0.377 e. The summed E-state index contributed by atoms with van der Waals surface area (Å²) < 4.78 is 10.8. The molecule has 2 rings (SSSR count). The Hall–Kier alpha value is -0.980. The van der Waals surface area contributed by atoms with E-state index >= 15 is 0 Å². The van der Waals surface area contributed by atoms with Crippen LogP contribution in [0.1, 0.15) is 54.8 Å². The van der Waals surface area contributed by atoms with E-state index in [4.69, 9.17) is 9.47 Å². The lowest BCUT2D eigenvalue weighted by Crippen LogP contribution is -2.58. The zero-order valence-corrected chi connectivity index (χ0v) is 17.5. The maximum Gasteiger partial charge on any atom is 0.225 e. The molecule has 2 fully saturated rings. The second-order valence-electron chi connectivity index (χ2n) is 8.54. The third-order valence-corrected chi connectivity index (χ3v) is 5.69. The van der Waals surface area contributed by atoms with Crippen LogP contribution in [0.3, 0.4) is 0 Å². The van der Waals surface area contributed by atoms with Crippen LogP contribution < -0.4 is 5.32 Å². The number of nitrogens with zero attached hydrogens (tertiary/aromatic N) is 1. The molecule has 0 aromatic heterocycles. The minimum atomic E-state index is 0. The Morgan fingerprint density at radius 2 is 1.67 bits per heavy atom. The molecule has 0 bridgehead atoms. The number of rotatable bonds is 11. The van der Waals surface area contributed by atoms with Crippen molar-refractivity contribution in [1.29, 1.82) is 0 Å². The van der Waals surface area contributed by atoms with Gasteiger partial charge in [0.25, 0.3) is 0 Å². The molecule has 1 aliphatic carbocycles. The Bertz CT molecular complexity index is 473. The van der Waals surface area contributed by atoms with E-state index in [1.165, 1.54) is 0 Å². The van der Waals surface area contributed by atoms with Gasteiger partial charge in [0.1, 0.15) is 5.78 Å². The van der Waals surface area contributed by atoms with Gasteiger partial charge < -0.3 is 14.8 Å². The Balaban J connectivity index is 0.00000392. The molecule has 0 atom stereocenters. The minimum Gasteiger partial charge on any atom is -0.377 e. The van der Waals surface area contributed by atoms with E-state index in [9.17, 15) is 9.59 Å². The van der Waals surface area contributed by atoms with Gasteiger partial charge in [0.05, 0.1) is 31.8 Å². The fraction of sp³-hybridized carbons (Fsp3) is 0.905. The second-order valence-corrected chi connectivity index (χ2v) is 8.54. The number of ketones is 1. The van der Waals surface area contributed by atoms with E-state index in [2.05, 4.69) is 10.2 Å². The maximum absolute atomic E-state index is 12.2. The molecule has 6 heteroatoms. The number of nitrogens with one attached hydrogen (secondary N) is 1. The Labute approximate surface area is 165 Å². The van der Waals surface area contributed by atoms with Crippen molar-refractivity contribution < 1.29 is 20.5 Å². The minimum absolute atomic E-state index is 0. The van der Waals surface area contributed by atoms with E-state index < -0.39 is 0 Å². The molecule has 1 N–H and O–H groups in total. The number of Topliss-reactive ketones (excluding diaryl/α,β-unsaturated/α-hetero) is 1. The molecule has 27 heavy (non-hydrogen) atoms. The molecule has 2 aliphatic rings. The molecule has 0 radical (unpaired) electrons. The van der Waals surface area contributed by atoms with Crippen LogP contribution in [0.2, 0.25) is 0 Å². The van der Waals surface area contributed by atoms with Gasteiger partial charge in [-0.1, -0.05) is 13.8 Å². The van der Waals surface area contributed by atoms with Gasteiger partial charge in [0, 0.05) is 38.9 Å². The van der Waals surface area contributed by atoms with E-state index in [-0.39, 0.29) is 31.2 Å². The monoisotopic (exact) mass is 384 g/mol. The third kappa shape index (κ3) is 7.16. The lowest BCUT2D eigenvalue weighted by atomic mass is 9.79. The highest BCUT2D eigenvalue weighted by Crippen LogP contribution is 2.33. The van der Waals surface area contributed by atoms with Crippen LogP contribution in [-0.2, 0) is 19.1 Å². The molecule has 6 nitrogen and oxygen atoms in total. The quantitative estimate of drug-likeness (QED) is 0.555. The number of carbonyl (C=O) groups is 2. The molecule has 0 aromatic carbocycles. The summed E-state index contributed by atoms with van der Waals surface area (Å²) in [5.74, 6) is 1.07. The van der Waals surface area contributed by atoms with Gasteiger partial charge in [0.15, 0.2) is 0 Å². The summed E-state index contributed by atoms with van der Waals surface area (Å²) in [4.78, 5) is 26.7. The number of ether oxygens (including phenoxy) is 2. The van der Waals surface area contributed by atoms with Gasteiger partial charge in [-0.2, -0.15) is 0 Å². The molecule has 0 aromatic rings. The SMILES string of the molecule is CC(C)OCCOCCNC(=O)C1CN(C2CCC(C(=O)C(C)C)CC2)C1.[HH]. The van der Waals surface area contributed by atoms with Gasteiger partial charge >= 0.3 is 0 Å². The Kier molecular flexibility index (Phi) is 9.19. The van der Waals surface area contributed by atoms with Crippen LogP contribution >= 0.6 is 0 Å². The topological polar surface area (TPSA) is 67.9 Å². The summed E-state index contributed by atoms with van der Waals surface area (Å²) >= 11 is 0. The van der Waals surface area contributed by atoms with Crippen molar-refractivity contribution >= 4 is 11.7 Å². The van der Waals surface area contributed by atoms with Crippen molar-refractivity contribution in [2.45, 2.75) is 65.5 Å². The third-order valence-electron chi connectivity index (χ3n) is 5.69. The Morgan fingerprint density at radius 3 is 2.26 bits per heavy atom. The van der Waals surface area contributed by atoms with E-state index in [0.29, 0.717) is 38.2 Å². The van der Waals surface area contributed by atoms with Gasteiger partial charge in [-0.3, -0.25) is 14.5 Å². The van der Waals surface area contributed by atoms with Crippen LogP contribution in [0, 0.1) is 17.8 Å². The van der Waals surface area contributed by atoms with Gasteiger partial charge in [0.2, 0.25) is 5.91 Å². The first-order valence-corrected chi connectivity index (χ1v) is 10.6. The highest BCUT2D eigenvalue weighted by molar-refractivity contribution is 5.82. The summed E-state index contributed by atoms with van der Waals surface area (Å²) in [5.41, 5.74) is 0. The zero-order valence-electron chi connectivity index (χ0n) is 17.5. The van der Waals surface area contributed by atoms with Crippen LogP contribution in [0.4, 0.5) is 0 Å². The van der Waals surface area contributed by atoms with E-state index in [0.717, 1.165) is 38.8 Å². The number of hydrogen-bond donors (Lipinski definition) is 1. The Morgan fingerprint density at radius 1 is 1.00 bits per heavy atom.